The lowest BCUT2D eigenvalue weighted by atomic mass is 9.91. The number of nitrogens with one attached hydrogen (secondary N) is 1. The predicted octanol–water partition coefficient (Wildman–Crippen LogP) is 1.35. The van der Waals surface area contributed by atoms with Crippen LogP contribution in [0, 0.1) is 6.92 Å². The van der Waals surface area contributed by atoms with Gasteiger partial charge in [0, 0.05) is 13.0 Å². The lowest BCUT2D eigenvalue weighted by Crippen LogP contribution is -2.47. The molecule has 1 aromatic rings. The minimum absolute atomic E-state index is 0.698. The summed E-state index contributed by atoms with van der Waals surface area (Å²) in [7, 11) is 0. The van der Waals surface area contributed by atoms with Gasteiger partial charge in [0.25, 0.3) is 0 Å². The lowest BCUT2D eigenvalue weighted by molar-refractivity contribution is 0.0160. The fraction of sp³-hybridized carbons (Fsp3) is 0.455. The normalized spacial score (nSPS) is 27.0. The van der Waals surface area contributed by atoms with Crippen molar-refractivity contribution in [1.82, 2.24) is 5.32 Å². The first-order valence-electron chi connectivity index (χ1n) is 4.63. The molecule has 2 heteroatoms. The van der Waals surface area contributed by atoms with Crippen molar-refractivity contribution < 1.29 is 5.11 Å². The molecule has 0 bridgehead atoms. The zero-order valence-electron chi connectivity index (χ0n) is 8.09. The summed E-state index contributed by atoms with van der Waals surface area (Å²) in [6.45, 7) is 4.70. The van der Waals surface area contributed by atoms with Crippen LogP contribution >= 0.6 is 0 Å². The molecule has 1 heterocycles. The van der Waals surface area contributed by atoms with Gasteiger partial charge in [0.15, 0.2) is 0 Å². The first-order chi connectivity index (χ1) is 6.08. The third kappa shape index (κ3) is 1.60. The highest BCUT2D eigenvalue weighted by Gasteiger charge is 2.26. The third-order valence-electron chi connectivity index (χ3n) is 2.69. The molecule has 0 radical (unpaired) electrons. The molecule has 2 rings (SSSR count). The topological polar surface area (TPSA) is 32.3 Å². The van der Waals surface area contributed by atoms with E-state index in [1.165, 1.54) is 16.7 Å². The minimum atomic E-state index is -0.735. The quantitative estimate of drug-likeness (QED) is 0.627. The second-order valence-corrected chi connectivity index (χ2v) is 4.02. The molecule has 1 unspecified atom stereocenters. The Morgan fingerprint density at radius 1 is 1.46 bits per heavy atom. The Morgan fingerprint density at radius 3 is 3.00 bits per heavy atom. The van der Waals surface area contributed by atoms with E-state index in [4.69, 9.17) is 0 Å². The number of fused-ring (bicyclic) bond motifs is 1. The molecule has 0 saturated carbocycles. The van der Waals surface area contributed by atoms with E-state index >= 15 is 0 Å². The zero-order chi connectivity index (χ0) is 9.47. The summed E-state index contributed by atoms with van der Waals surface area (Å²) in [4.78, 5) is 0. The highest BCUT2D eigenvalue weighted by atomic mass is 16.3. The maximum absolute atomic E-state index is 9.80. The van der Waals surface area contributed by atoms with Crippen molar-refractivity contribution in [2.75, 3.05) is 0 Å². The van der Waals surface area contributed by atoms with E-state index in [2.05, 4.69) is 30.4 Å². The first kappa shape index (κ1) is 8.73. The van der Waals surface area contributed by atoms with Gasteiger partial charge in [0.1, 0.15) is 5.72 Å². The smallest absolute Gasteiger partial charge is 0.117 e. The molecule has 13 heavy (non-hydrogen) atoms. The fourth-order valence-corrected chi connectivity index (χ4v) is 1.89. The number of aryl methyl sites for hydroxylation is 1. The minimum Gasteiger partial charge on any atom is -0.376 e. The summed E-state index contributed by atoms with van der Waals surface area (Å²) >= 11 is 0. The highest BCUT2D eigenvalue weighted by Crippen LogP contribution is 2.23. The van der Waals surface area contributed by atoms with Crippen LogP contribution in [-0.4, -0.2) is 10.8 Å². The van der Waals surface area contributed by atoms with E-state index in [0.717, 1.165) is 6.54 Å². The first-order valence-corrected chi connectivity index (χ1v) is 4.63. The van der Waals surface area contributed by atoms with Crippen LogP contribution in [0.5, 0.6) is 0 Å². The molecule has 1 aliphatic heterocycles. The van der Waals surface area contributed by atoms with Crippen molar-refractivity contribution in [3.8, 4) is 0 Å². The summed E-state index contributed by atoms with van der Waals surface area (Å²) in [6, 6.07) is 6.26. The second-order valence-electron chi connectivity index (χ2n) is 4.02. The van der Waals surface area contributed by atoms with Gasteiger partial charge in [-0.15, -0.1) is 0 Å². The Labute approximate surface area is 78.6 Å². The number of hydrogen-bond donors (Lipinski definition) is 2. The zero-order valence-corrected chi connectivity index (χ0v) is 8.09. The molecule has 1 aliphatic rings. The Morgan fingerprint density at radius 2 is 2.23 bits per heavy atom. The van der Waals surface area contributed by atoms with E-state index < -0.39 is 5.72 Å². The van der Waals surface area contributed by atoms with Crippen molar-refractivity contribution >= 4 is 0 Å². The molecule has 1 aromatic carbocycles. The van der Waals surface area contributed by atoms with Gasteiger partial charge in [0.2, 0.25) is 0 Å². The van der Waals surface area contributed by atoms with Gasteiger partial charge in [0.05, 0.1) is 0 Å². The van der Waals surface area contributed by atoms with Gasteiger partial charge in [-0.3, -0.25) is 5.32 Å². The van der Waals surface area contributed by atoms with Crippen molar-refractivity contribution in [2.24, 2.45) is 0 Å². The van der Waals surface area contributed by atoms with Crippen LogP contribution in [-0.2, 0) is 13.0 Å². The maximum Gasteiger partial charge on any atom is 0.117 e. The largest absolute Gasteiger partial charge is 0.376 e. The summed E-state index contributed by atoms with van der Waals surface area (Å²) in [5, 5.41) is 12.9. The summed E-state index contributed by atoms with van der Waals surface area (Å²) in [5.41, 5.74) is 3.18. The van der Waals surface area contributed by atoms with E-state index in [9.17, 15) is 5.11 Å². The highest BCUT2D eigenvalue weighted by molar-refractivity contribution is 5.36. The Bertz CT molecular complexity index is 331. The van der Waals surface area contributed by atoms with Crippen LogP contribution in [0.15, 0.2) is 18.2 Å². The molecule has 0 aromatic heterocycles. The number of aliphatic hydroxyl groups is 1. The second kappa shape index (κ2) is 2.82. The van der Waals surface area contributed by atoms with E-state index in [1.807, 2.05) is 6.92 Å². The maximum atomic E-state index is 9.80. The average molecular weight is 177 g/mol. The Hall–Kier alpha value is -0.860. The van der Waals surface area contributed by atoms with Crippen molar-refractivity contribution in [2.45, 2.75) is 32.5 Å². The summed E-state index contributed by atoms with van der Waals surface area (Å²) < 4.78 is 0. The lowest BCUT2D eigenvalue weighted by Gasteiger charge is -2.32. The molecule has 1 atom stereocenters. The molecule has 0 saturated heterocycles. The fourth-order valence-electron chi connectivity index (χ4n) is 1.89. The van der Waals surface area contributed by atoms with Gasteiger partial charge in [-0.25, -0.2) is 0 Å². The van der Waals surface area contributed by atoms with E-state index in [1.54, 1.807) is 0 Å². The molecular weight excluding hydrogens is 162 g/mol. The van der Waals surface area contributed by atoms with E-state index in [0.29, 0.717) is 6.42 Å². The Balaban J connectivity index is 2.42. The van der Waals surface area contributed by atoms with Crippen LogP contribution in [0.4, 0.5) is 0 Å². The summed E-state index contributed by atoms with van der Waals surface area (Å²) in [6.07, 6.45) is 0.698. The molecule has 70 valence electrons. The van der Waals surface area contributed by atoms with Gasteiger partial charge in [-0.05, 0) is 30.5 Å². The van der Waals surface area contributed by atoms with Crippen LogP contribution in [0.1, 0.15) is 23.6 Å². The summed E-state index contributed by atoms with van der Waals surface area (Å²) in [5.74, 6) is 0. The molecule has 0 spiro atoms. The molecular formula is C11H15NO. The van der Waals surface area contributed by atoms with Gasteiger partial charge >= 0.3 is 0 Å². The van der Waals surface area contributed by atoms with Gasteiger partial charge in [-0.2, -0.15) is 0 Å². The third-order valence-corrected chi connectivity index (χ3v) is 2.69. The molecule has 2 N–H and O–H groups in total. The number of benzene rings is 1. The predicted molar refractivity (Wildman–Crippen MR) is 52.3 cm³/mol. The van der Waals surface area contributed by atoms with Crippen LogP contribution in [0.25, 0.3) is 0 Å². The standard InChI is InChI=1S/C11H15NO/c1-8-4-3-5-9-6-11(2,13)12-7-10(8)9/h3-5,12-13H,6-7H2,1-2H3. The van der Waals surface area contributed by atoms with E-state index in [-0.39, 0.29) is 0 Å². The van der Waals surface area contributed by atoms with Crippen LogP contribution < -0.4 is 5.32 Å². The average Bonchev–Trinajstić information content (AvgIpc) is 2.02. The van der Waals surface area contributed by atoms with Crippen molar-refractivity contribution in [1.29, 1.82) is 0 Å². The van der Waals surface area contributed by atoms with Crippen LogP contribution in [0.2, 0.25) is 0 Å². The molecule has 2 nitrogen and oxygen atoms in total. The van der Waals surface area contributed by atoms with Crippen molar-refractivity contribution in [3.05, 3.63) is 34.9 Å². The Kier molecular flexibility index (Phi) is 1.90. The SMILES string of the molecule is Cc1cccc2c1CNC(C)(O)C2. The number of rotatable bonds is 0. The van der Waals surface area contributed by atoms with Gasteiger partial charge in [-0.1, -0.05) is 18.2 Å². The number of hydrogen-bond acceptors (Lipinski definition) is 2. The van der Waals surface area contributed by atoms with Gasteiger partial charge < -0.3 is 5.11 Å². The van der Waals surface area contributed by atoms with Crippen molar-refractivity contribution in [3.63, 3.8) is 0 Å². The monoisotopic (exact) mass is 177 g/mol. The van der Waals surface area contributed by atoms with Crippen LogP contribution in [0.3, 0.4) is 0 Å². The molecule has 0 amide bonds. The molecule has 0 fully saturated rings. The molecule has 0 aliphatic carbocycles.